The zero-order valence-corrected chi connectivity index (χ0v) is 13.1. The molecule has 0 heterocycles. The second kappa shape index (κ2) is 8.57. The van der Waals surface area contributed by atoms with E-state index < -0.39 is 0 Å². The van der Waals surface area contributed by atoms with E-state index >= 15 is 0 Å². The van der Waals surface area contributed by atoms with Crippen LogP contribution >= 0.6 is 0 Å². The van der Waals surface area contributed by atoms with E-state index in [1.165, 1.54) is 0 Å². The monoisotopic (exact) mass is 274 g/mol. The normalized spacial score (nSPS) is 20.8. The Balaban J connectivity index is 0.000000956. The number of aryl methyl sites for hydroxylation is 1. The van der Waals surface area contributed by atoms with Crippen molar-refractivity contribution >= 4 is 5.97 Å². The predicted molar refractivity (Wildman–Crippen MR) is 83.8 cm³/mol. The van der Waals surface area contributed by atoms with E-state index in [1.54, 1.807) is 0 Å². The topological polar surface area (TPSA) is 26.3 Å². The van der Waals surface area contributed by atoms with Crippen LogP contribution in [0.15, 0.2) is 36.4 Å². The standard InChI is InChI=1S/C16H20O2.C2H6/c1-12-7-3-5-9-14(12)11-18-16(17)15-10-6-4-8-13(15)2;1-2/h3-6,8,10,12,14H,7,9,11H2,1-2H3;1-2H3. The first-order valence-electron chi connectivity index (χ1n) is 7.56. The van der Waals surface area contributed by atoms with Gasteiger partial charge in [0.2, 0.25) is 0 Å². The smallest absolute Gasteiger partial charge is 0.338 e. The summed E-state index contributed by atoms with van der Waals surface area (Å²) in [4.78, 5) is 12.0. The van der Waals surface area contributed by atoms with Gasteiger partial charge in [-0.2, -0.15) is 0 Å². The van der Waals surface area contributed by atoms with Crippen molar-refractivity contribution < 1.29 is 9.53 Å². The molecule has 0 radical (unpaired) electrons. The third kappa shape index (κ3) is 4.52. The minimum absolute atomic E-state index is 0.199. The fraction of sp³-hybridized carbons (Fsp3) is 0.500. The van der Waals surface area contributed by atoms with Crippen LogP contribution in [0.5, 0.6) is 0 Å². The second-order valence-corrected chi connectivity index (χ2v) is 5.09. The number of hydrogen-bond donors (Lipinski definition) is 0. The van der Waals surface area contributed by atoms with Crippen molar-refractivity contribution in [3.05, 3.63) is 47.5 Å². The van der Waals surface area contributed by atoms with Crippen LogP contribution in [0.4, 0.5) is 0 Å². The van der Waals surface area contributed by atoms with Crippen LogP contribution in [0, 0.1) is 18.8 Å². The van der Waals surface area contributed by atoms with Gasteiger partial charge in [-0.1, -0.05) is 51.1 Å². The Kier molecular flexibility index (Phi) is 7.06. The Labute approximate surface area is 122 Å². The third-order valence-corrected chi connectivity index (χ3v) is 3.71. The highest BCUT2D eigenvalue weighted by Gasteiger charge is 2.20. The Bertz CT molecular complexity index is 448. The maximum Gasteiger partial charge on any atom is 0.338 e. The highest BCUT2D eigenvalue weighted by molar-refractivity contribution is 5.90. The van der Waals surface area contributed by atoms with E-state index in [0.29, 0.717) is 24.0 Å². The number of ether oxygens (including phenoxy) is 1. The molecule has 2 heteroatoms. The van der Waals surface area contributed by atoms with Crippen molar-refractivity contribution in [2.75, 3.05) is 6.61 Å². The van der Waals surface area contributed by atoms with Crippen LogP contribution in [0.25, 0.3) is 0 Å². The summed E-state index contributed by atoms with van der Waals surface area (Å²) in [5.74, 6) is 0.859. The average Bonchev–Trinajstić information content (AvgIpc) is 2.49. The third-order valence-electron chi connectivity index (χ3n) is 3.71. The van der Waals surface area contributed by atoms with Gasteiger partial charge in [-0.25, -0.2) is 4.79 Å². The first-order valence-corrected chi connectivity index (χ1v) is 7.56. The molecule has 0 spiro atoms. The van der Waals surface area contributed by atoms with E-state index in [1.807, 2.05) is 45.0 Å². The molecular formula is C18H26O2. The van der Waals surface area contributed by atoms with Crippen molar-refractivity contribution in [1.29, 1.82) is 0 Å². The van der Waals surface area contributed by atoms with Gasteiger partial charge in [-0.15, -0.1) is 0 Å². The largest absolute Gasteiger partial charge is 0.462 e. The molecule has 1 aliphatic rings. The lowest BCUT2D eigenvalue weighted by Gasteiger charge is -2.24. The number of carbonyl (C=O) groups excluding carboxylic acids is 1. The lowest BCUT2D eigenvalue weighted by atomic mass is 9.85. The van der Waals surface area contributed by atoms with Gasteiger partial charge in [0.1, 0.15) is 0 Å². The first-order chi connectivity index (χ1) is 9.68. The van der Waals surface area contributed by atoms with E-state index in [9.17, 15) is 4.79 Å². The van der Waals surface area contributed by atoms with Crippen LogP contribution in [0.3, 0.4) is 0 Å². The number of rotatable bonds is 3. The molecule has 0 fully saturated rings. The molecule has 0 bridgehead atoms. The molecule has 2 nitrogen and oxygen atoms in total. The van der Waals surface area contributed by atoms with Gasteiger partial charge in [-0.05, 0) is 43.2 Å². The van der Waals surface area contributed by atoms with Gasteiger partial charge >= 0.3 is 5.97 Å². The van der Waals surface area contributed by atoms with Gasteiger partial charge < -0.3 is 4.74 Å². The second-order valence-electron chi connectivity index (χ2n) is 5.09. The van der Waals surface area contributed by atoms with Crippen molar-refractivity contribution in [1.82, 2.24) is 0 Å². The number of hydrogen-bond acceptors (Lipinski definition) is 2. The Morgan fingerprint density at radius 3 is 2.50 bits per heavy atom. The van der Waals surface area contributed by atoms with Gasteiger partial charge in [0.05, 0.1) is 12.2 Å². The predicted octanol–water partition coefficient (Wildman–Crippen LogP) is 4.78. The van der Waals surface area contributed by atoms with Gasteiger partial charge in [-0.3, -0.25) is 0 Å². The Morgan fingerprint density at radius 2 is 1.85 bits per heavy atom. The van der Waals surface area contributed by atoms with Crippen molar-refractivity contribution in [2.45, 2.75) is 40.5 Å². The molecule has 0 aromatic heterocycles. The molecule has 0 N–H and O–H groups in total. The lowest BCUT2D eigenvalue weighted by Crippen LogP contribution is -2.21. The SMILES string of the molecule is CC.Cc1ccccc1C(=O)OCC1CC=CCC1C. The molecule has 1 aliphatic carbocycles. The molecule has 0 amide bonds. The average molecular weight is 274 g/mol. The molecule has 1 aromatic rings. The van der Waals surface area contributed by atoms with E-state index in [-0.39, 0.29) is 5.97 Å². The van der Waals surface area contributed by atoms with Gasteiger partial charge in [0.25, 0.3) is 0 Å². The van der Waals surface area contributed by atoms with E-state index in [0.717, 1.165) is 18.4 Å². The molecule has 110 valence electrons. The summed E-state index contributed by atoms with van der Waals surface area (Å²) >= 11 is 0. The summed E-state index contributed by atoms with van der Waals surface area (Å²) in [5.41, 5.74) is 1.65. The van der Waals surface area contributed by atoms with Crippen molar-refractivity contribution in [2.24, 2.45) is 11.8 Å². The van der Waals surface area contributed by atoms with Crippen LogP contribution in [0.1, 0.15) is 49.5 Å². The maximum atomic E-state index is 12.0. The summed E-state index contributed by atoms with van der Waals surface area (Å²) in [6.07, 6.45) is 6.51. The van der Waals surface area contributed by atoms with Gasteiger partial charge in [0, 0.05) is 0 Å². The zero-order valence-electron chi connectivity index (χ0n) is 13.1. The Hall–Kier alpha value is -1.57. The highest BCUT2D eigenvalue weighted by atomic mass is 16.5. The van der Waals surface area contributed by atoms with E-state index in [4.69, 9.17) is 4.74 Å². The molecule has 0 aliphatic heterocycles. The number of benzene rings is 1. The molecule has 0 saturated carbocycles. The summed E-state index contributed by atoms with van der Waals surface area (Å²) in [6.45, 7) is 8.68. The van der Waals surface area contributed by atoms with Crippen LogP contribution in [-0.2, 0) is 4.74 Å². The summed E-state index contributed by atoms with van der Waals surface area (Å²) in [5, 5.41) is 0. The summed E-state index contributed by atoms with van der Waals surface area (Å²) < 4.78 is 5.45. The molecule has 2 rings (SSSR count). The van der Waals surface area contributed by atoms with E-state index in [2.05, 4.69) is 19.1 Å². The number of esters is 1. The minimum atomic E-state index is -0.199. The first kappa shape index (κ1) is 16.5. The van der Waals surface area contributed by atoms with Crippen molar-refractivity contribution in [3.63, 3.8) is 0 Å². The van der Waals surface area contributed by atoms with Crippen LogP contribution in [-0.4, -0.2) is 12.6 Å². The summed E-state index contributed by atoms with van der Waals surface area (Å²) in [6, 6.07) is 7.56. The van der Waals surface area contributed by atoms with Gasteiger partial charge in [0.15, 0.2) is 0 Å². The molecule has 2 atom stereocenters. The molecular weight excluding hydrogens is 248 g/mol. The lowest BCUT2D eigenvalue weighted by molar-refractivity contribution is 0.0394. The maximum absolute atomic E-state index is 12.0. The van der Waals surface area contributed by atoms with Crippen molar-refractivity contribution in [3.8, 4) is 0 Å². The fourth-order valence-corrected chi connectivity index (χ4v) is 2.30. The highest BCUT2D eigenvalue weighted by Crippen LogP contribution is 2.25. The number of carbonyl (C=O) groups is 1. The fourth-order valence-electron chi connectivity index (χ4n) is 2.30. The Morgan fingerprint density at radius 1 is 1.20 bits per heavy atom. The molecule has 0 saturated heterocycles. The van der Waals surface area contributed by atoms with Crippen LogP contribution in [0.2, 0.25) is 0 Å². The minimum Gasteiger partial charge on any atom is -0.462 e. The molecule has 2 unspecified atom stereocenters. The molecule has 1 aromatic carbocycles. The summed E-state index contributed by atoms with van der Waals surface area (Å²) in [7, 11) is 0. The molecule has 20 heavy (non-hydrogen) atoms. The quantitative estimate of drug-likeness (QED) is 0.585. The zero-order chi connectivity index (χ0) is 15.0. The van der Waals surface area contributed by atoms with Crippen LogP contribution < -0.4 is 0 Å². The number of allylic oxidation sites excluding steroid dienone is 2.